The Kier molecular flexibility index (Phi) is 6.17. The largest absolute Gasteiger partial charge is 0.364 e. The van der Waals surface area contributed by atoms with Gasteiger partial charge >= 0.3 is 0 Å². The van der Waals surface area contributed by atoms with Crippen molar-refractivity contribution in [3.05, 3.63) is 65.2 Å². The molecule has 0 saturated carbocycles. The molecule has 0 atom stereocenters. The molecule has 0 bridgehead atoms. The van der Waals surface area contributed by atoms with Crippen LogP contribution >= 0.6 is 11.3 Å². The van der Waals surface area contributed by atoms with E-state index < -0.39 is 0 Å². The Balaban J connectivity index is 1.19. The molecule has 29 heavy (non-hydrogen) atoms. The fraction of sp³-hybridized carbons (Fsp3) is 0.318. The second kappa shape index (κ2) is 9.15. The van der Waals surface area contributed by atoms with Gasteiger partial charge in [-0.2, -0.15) is 0 Å². The zero-order valence-electron chi connectivity index (χ0n) is 16.0. The van der Waals surface area contributed by atoms with E-state index >= 15 is 0 Å². The molecule has 6 nitrogen and oxygen atoms in total. The number of aromatic nitrogens is 1. The van der Waals surface area contributed by atoms with Gasteiger partial charge in [-0.3, -0.25) is 9.59 Å². The molecule has 2 amide bonds. The lowest BCUT2D eigenvalue weighted by molar-refractivity contribution is -0.137. The Morgan fingerprint density at radius 3 is 2.55 bits per heavy atom. The van der Waals surface area contributed by atoms with E-state index in [0.29, 0.717) is 25.3 Å². The molecule has 1 N–H and O–H groups in total. The molecule has 1 aromatic heterocycles. The van der Waals surface area contributed by atoms with E-state index in [1.54, 1.807) is 23.5 Å². The van der Waals surface area contributed by atoms with Gasteiger partial charge in [0.1, 0.15) is 11.6 Å². The van der Waals surface area contributed by atoms with Crippen LogP contribution in [0, 0.1) is 0 Å². The minimum atomic E-state index is -0.0606. The topological polar surface area (TPSA) is 71.5 Å². The number of fused-ring (bicyclic) bond motifs is 1. The average Bonchev–Trinajstić information content (AvgIpc) is 3.17. The van der Waals surface area contributed by atoms with Crippen molar-refractivity contribution in [2.75, 3.05) is 19.7 Å². The standard InChI is InChI=1S/C22H23N3O3S/c26-21(15-28-14-20-24-18-8-4-5-9-19(18)29-20)25-12-10-17(11-13-25)23-22(27)16-6-2-1-3-7-16/h1-9,17H,10-15H2,(H,23,27). The average molecular weight is 410 g/mol. The van der Waals surface area contributed by atoms with Gasteiger partial charge in [0.2, 0.25) is 5.91 Å². The Hall–Kier alpha value is -2.77. The molecule has 0 aliphatic carbocycles. The summed E-state index contributed by atoms with van der Waals surface area (Å²) < 4.78 is 6.72. The van der Waals surface area contributed by atoms with Crippen LogP contribution in [0.5, 0.6) is 0 Å². The number of carbonyl (C=O) groups is 2. The van der Waals surface area contributed by atoms with Crippen LogP contribution in [0.25, 0.3) is 10.2 Å². The number of para-hydroxylation sites is 1. The van der Waals surface area contributed by atoms with E-state index in [1.165, 1.54) is 0 Å². The summed E-state index contributed by atoms with van der Waals surface area (Å²) in [4.78, 5) is 31.0. The van der Waals surface area contributed by atoms with Gasteiger partial charge in [-0.25, -0.2) is 4.98 Å². The Labute approximate surface area is 173 Å². The maximum Gasteiger partial charge on any atom is 0.251 e. The van der Waals surface area contributed by atoms with Crippen LogP contribution in [0.4, 0.5) is 0 Å². The van der Waals surface area contributed by atoms with E-state index in [0.717, 1.165) is 28.1 Å². The molecule has 2 aromatic carbocycles. The molecule has 1 aliphatic heterocycles. The van der Waals surface area contributed by atoms with E-state index in [1.807, 2.05) is 47.4 Å². The van der Waals surface area contributed by atoms with Gasteiger partial charge < -0.3 is 15.0 Å². The SMILES string of the molecule is O=C(NC1CCN(C(=O)COCc2nc3ccccc3s2)CC1)c1ccccc1. The van der Waals surface area contributed by atoms with Gasteiger partial charge in [-0.05, 0) is 37.1 Å². The maximum absolute atomic E-state index is 12.4. The number of nitrogens with zero attached hydrogens (tertiary/aromatic N) is 2. The third-order valence-corrected chi connectivity index (χ3v) is 6.02. The number of rotatable bonds is 6. The predicted molar refractivity (Wildman–Crippen MR) is 113 cm³/mol. The number of hydrogen-bond acceptors (Lipinski definition) is 5. The maximum atomic E-state index is 12.4. The molecule has 4 rings (SSSR count). The Morgan fingerprint density at radius 2 is 1.79 bits per heavy atom. The Morgan fingerprint density at radius 1 is 1.07 bits per heavy atom. The summed E-state index contributed by atoms with van der Waals surface area (Å²) in [5.41, 5.74) is 1.62. The number of thiazole rings is 1. The van der Waals surface area contributed by atoms with Crippen molar-refractivity contribution >= 4 is 33.4 Å². The number of nitrogens with one attached hydrogen (secondary N) is 1. The van der Waals surface area contributed by atoms with Crippen LogP contribution in [0.1, 0.15) is 28.2 Å². The fourth-order valence-electron chi connectivity index (χ4n) is 3.43. The first-order valence-corrected chi connectivity index (χ1v) is 10.6. The van der Waals surface area contributed by atoms with Crippen LogP contribution in [-0.2, 0) is 16.1 Å². The molecule has 0 spiro atoms. The zero-order valence-corrected chi connectivity index (χ0v) is 16.9. The number of amides is 2. The third-order valence-electron chi connectivity index (χ3n) is 5.01. The van der Waals surface area contributed by atoms with Crippen LogP contribution in [-0.4, -0.2) is 47.4 Å². The van der Waals surface area contributed by atoms with Crippen LogP contribution in [0.2, 0.25) is 0 Å². The van der Waals surface area contributed by atoms with Crippen molar-refractivity contribution in [3.8, 4) is 0 Å². The molecule has 0 radical (unpaired) electrons. The van der Waals surface area contributed by atoms with Crippen molar-refractivity contribution in [1.29, 1.82) is 0 Å². The van der Waals surface area contributed by atoms with E-state index in [-0.39, 0.29) is 24.5 Å². The lowest BCUT2D eigenvalue weighted by Gasteiger charge is -2.32. The summed E-state index contributed by atoms with van der Waals surface area (Å²) in [7, 11) is 0. The summed E-state index contributed by atoms with van der Waals surface area (Å²) in [5, 5.41) is 3.93. The molecule has 2 heterocycles. The summed E-state index contributed by atoms with van der Waals surface area (Å²) in [6, 6.07) is 17.2. The van der Waals surface area contributed by atoms with Gasteiger partial charge in [0.05, 0.1) is 16.8 Å². The smallest absolute Gasteiger partial charge is 0.251 e. The molecule has 1 fully saturated rings. The number of likely N-dealkylation sites (tertiary alicyclic amines) is 1. The minimum absolute atomic E-state index is 0.0149. The van der Waals surface area contributed by atoms with Gasteiger partial charge in [0.15, 0.2) is 0 Å². The number of carbonyl (C=O) groups excluding carboxylic acids is 2. The van der Waals surface area contributed by atoms with Crippen molar-refractivity contribution in [2.24, 2.45) is 0 Å². The van der Waals surface area contributed by atoms with Gasteiger partial charge in [0, 0.05) is 24.7 Å². The molecule has 3 aromatic rings. The predicted octanol–water partition coefficient (Wildman–Crippen LogP) is 3.23. The van der Waals surface area contributed by atoms with E-state index in [9.17, 15) is 9.59 Å². The second-order valence-electron chi connectivity index (χ2n) is 7.06. The normalized spacial score (nSPS) is 14.8. The van der Waals surface area contributed by atoms with Crippen molar-refractivity contribution in [2.45, 2.75) is 25.5 Å². The van der Waals surface area contributed by atoms with Crippen LogP contribution < -0.4 is 5.32 Å². The molecular formula is C22H23N3O3S. The molecule has 1 saturated heterocycles. The Bertz CT molecular complexity index is 948. The van der Waals surface area contributed by atoms with Gasteiger partial charge in [-0.1, -0.05) is 30.3 Å². The highest BCUT2D eigenvalue weighted by molar-refractivity contribution is 7.18. The van der Waals surface area contributed by atoms with Crippen molar-refractivity contribution in [3.63, 3.8) is 0 Å². The molecule has 150 valence electrons. The molecule has 7 heteroatoms. The lowest BCUT2D eigenvalue weighted by Crippen LogP contribution is -2.47. The molecular weight excluding hydrogens is 386 g/mol. The van der Waals surface area contributed by atoms with Crippen molar-refractivity contribution in [1.82, 2.24) is 15.2 Å². The minimum Gasteiger partial charge on any atom is -0.364 e. The zero-order chi connectivity index (χ0) is 20.1. The molecule has 1 aliphatic rings. The highest BCUT2D eigenvalue weighted by atomic mass is 32.1. The summed E-state index contributed by atoms with van der Waals surface area (Å²) in [6.45, 7) is 1.65. The van der Waals surface area contributed by atoms with Crippen molar-refractivity contribution < 1.29 is 14.3 Å². The van der Waals surface area contributed by atoms with E-state index in [4.69, 9.17) is 4.74 Å². The summed E-state index contributed by atoms with van der Waals surface area (Å²) >= 11 is 1.59. The number of hydrogen-bond donors (Lipinski definition) is 1. The number of benzene rings is 2. The number of ether oxygens (including phenoxy) is 1. The highest BCUT2D eigenvalue weighted by Gasteiger charge is 2.24. The highest BCUT2D eigenvalue weighted by Crippen LogP contribution is 2.22. The molecule has 0 unspecified atom stereocenters. The first-order chi connectivity index (χ1) is 14.2. The monoisotopic (exact) mass is 409 g/mol. The first-order valence-electron chi connectivity index (χ1n) is 9.75. The van der Waals surface area contributed by atoms with Crippen LogP contribution in [0.3, 0.4) is 0 Å². The second-order valence-corrected chi connectivity index (χ2v) is 8.18. The summed E-state index contributed by atoms with van der Waals surface area (Å²) in [6.07, 6.45) is 1.50. The van der Waals surface area contributed by atoms with Gasteiger partial charge in [-0.15, -0.1) is 11.3 Å². The fourth-order valence-corrected chi connectivity index (χ4v) is 4.34. The van der Waals surface area contributed by atoms with E-state index in [2.05, 4.69) is 10.3 Å². The van der Waals surface area contributed by atoms with Crippen LogP contribution in [0.15, 0.2) is 54.6 Å². The quantitative estimate of drug-likeness (QED) is 0.679. The lowest BCUT2D eigenvalue weighted by atomic mass is 10.0. The third kappa shape index (κ3) is 4.99. The first kappa shape index (κ1) is 19.5. The van der Waals surface area contributed by atoms with Gasteiger partial charge in [0.25, 0.3) is 5.91 Å². The number of piperidine rings is 1. The summed E-state index contributed by atoms with van der Waals surface area (Å²) in [5.74, 6) is -0.0755.